The highest BCUT2D eigenvalue weighted by Crippen LogP contribution is 2.43. The van der Waals surface area contributed by atoms with Crippen molar-refractivity contribution in [2.75, 3.05) is 12.3 Å². The SMILES string of the molecule is Nc1ccc(F)c(C(=O)OCC2CCC3(CCCC3)O2)c1. The summed E-state index contributed by atoms with van der Waals surface area (Å²) in [7, 11) is 0. The van der Waals surface area contributed by atoms with E-state index >= 15 is 0 Å². The van der Waals surface area contributed by atoms with Crippen LogP contribution in [-0.4, -0.2) is 24.3 Å². The van der Waals surface area contributed by atoms with Crippen LogP contribution in [0.25, 0.3) is 0 Å². The van der Waals surface area contributed by atoms with Gasteiger partial charge in [0.25, 0.3) is 0 Å². The Bertz CT molecular complexity index is 540. The number of hydrogen-bond acceptors (Lipinski definition) is 4. The first-order valence-corrected chi connectivity index (χ1v) is 7.48. The molecule has 5 heteroatoms. The van der Waals surface area contributed by atoms with E-state index in [9.17, 15) is 9.18 Å². The quantitative estimate of drug-likeness (QED) is 0.687. The minimum atomic E-state index is -0.684. The number of anilines is 1. The molecule has 1 heterocycles. The van der Waals surface area contributed by atoms with E-state index in [2.05, 4.69) is 0 Å². The van der Waals surface area contributed by atoms with E-state index in [1.165, 1.54) is 31.0 Å². The number of ether oxygens (including phenoxy) is 2. The van der Waals surface area contributed by atoms with Gasteiger partial charge in [0.1, 0.15) is 12.4 Å². The van der Waals surface area contributed by atoms with Crippen molar-refractivity contribution in [3.8, 4) is 0 Å². The van der Waals surface area contributed by atoms with E-state index < -0.39 is 11.8 Å². The Kier molecular flexibility index (Phi) is 3.85. The number of esters is 1. The van der Waals surface area contributed by atoms with Gasteiger partial charge in [-0.2, -0.15) is 0 Å². The maximum atomic E-state index is 13.6. The minimum Gasteiger partial charge on any atom is -0.459 e. The zero-order chi connectivity index (χ0) is 14.9. The predicted octanol–water partition coefficient (Wildman–Crippen LogP) is 3.06. The van der Waals surface area contributed by atoms with Gasteiger partial charge in [0.05, 0.1) is 17.3 Å². The summed E-state index contributed by atoms with van der Waals surface area (Å²) in [4.78, 5) is 11.9. The van der Waals surface area contributed by atoms with Crippen molar-refractivity contribution < 1.29 is 18.7 Å². The largest absolute Gasteiger partial charge is 0.459 e. The zero-order valence-corrected chi connectivity index (χ0v) is 11.9. The molecule has 2 N–H and O–H groups in total. The van der Waals surface area contributed by atoms with Crippen LogP contribution in [0.1, 0.15) is 48.9 Å². The number of nitrogens with two attached hydrogens (primary N) is 1. The summed E-state index contributed by atoms with van der Waals surface area (Å²) in [5, 5.41) is 0. The lowest BCUT2D eigenvalue weighted by Crippen LogP contribution is -2.27. The van der Waals surface area contributed by atoms with Gasteiger partial charge in [-0.25, -0.2) is 9.18 Å². The molecule has 1 saturated carbocycles. The molecule has 2 aliphatic rings. The molecule has 1 aliphatic heterocycles. The Balaban J connectivity index is 1.56. The highest BCUT2D eigenvalue weighted by molar-refractivity contribution is 5.90. The van der Waals surface area contributed by atoms with Crippen molar-refractivity contribution in [2.24, 2.45) is 0 Å². The fraction of sp³-hybridized carbons (Fsp3) is 0.562. The van der Waals surface area contributed by atoms with Crippen LogP contribution in [0.15, 0.2) is 18.2 Å². The van der Waals surface area contributed by atoms with Crippen LogP contribution in [-0.2, 0) is 9.47 Å². The zero-order valence-electron chi connectivity index (χ0n) is 11.9. The van der Waals surface area contributed by atoms with Crippen LogP contribution in [0, 0.1) is 5.82 Å². The molecular weight excluding hydrogens is 273 g/mol. The molecule has 3 rings (SSSR count). The van der Waals surface area contributed by atoms with Gasteiger partial charge in [-0.1, -0.05) is 12.8 Å². The Morgan fingerprint density at radius 3 is 2.90 bits per heavy atom. The van der Waals surface area contributed by atoms with E-state index in [1.54, 1.807) is 0 Å². The summed E-state index contributed by atoms with van der Waals surface area (Å²) in [5.74, 6) is -1.30. The second-order valence-electron chi connectivity index (χ2n) is 6.01. The Labute approximate surface area is 123 Å². The van der Waals surface area contributed by atoms with Crippen LogP contribution in [0.2, 0.25) is 0 Å². The van der Waals surface area contributed by atoms with Crippen molar-refractivity contribution in [1.29, 1.82) is 0 Å². The lowest BCUT2D eigenvalue weighted by atomic mass is 9.98. The molecule has 4 nitrogen and oxygen atoms in total. The average molecular weight is 293 g/mol. The summed E-state index contributed by atoms with van der Waals surface area (Å²) >= 11 is 0. The number of hydrogen-bond donors (Lipinski definition) is 1. The molecule has 1 unspecified atom stereocenters. The molecule has 1 aromatic carbocycles. The number of benzene rings is 1. The number of carbonyl (C=O) groups is 1. The van der Waals surface area contributed by atoms with Crippen LogP contribution >= 0.6 is 0 Å². The van der Waals surface area contributed by atoms with Crippen molar-refractivity contribution in [2.45, 2.75) is 50.2 Å². The van der Waals surface area contributed by atoms with Gasteiger partial charge in [0.15, 0.2) is 0 Å². The third-order valence-corrected chi connectivity index (χ3v) is 4.46. The molecule has 1 aromatic rings. The topological polar surface area (TPSA) is 61.6 Å². The first-order valence-electron chi connectivity index (χ1n) is 7.48. The van der Waals surface area contributed by atoms with Gasteiger partial charge in [-0.05, 0) is 43.9 Å². The Hall–Kier alpha value is -1.62. The molecule has 0 radical (unpaired) electrons. The van der Waals surface area contributed by atoms with Gasteiger partial charge < -0.3 is 15.2 Å². The minimum absolute atomic E-state index is 0.0134. The first kappa shape index (κ1) is 14.3. The molecule has 1 saturated heterocycles. The lowest BCUT2D eigenvalue weighted by molar-refractivity contribution is -0.0598. The second kappa shape index (κ2) is 5.64. The van der Waals surface area contributed by atoms with E-state index in [-0.39, 0.29) is 23.9 Å². The van der Waals surface area contributed by atoms with Gasteiger partial charge in [0.2, 0.25) is 0 Å². The molecular formula is C16H20FNO3. The van der Waals surface area contributed by atoms with Crippen LogP contribution in [0.3, 0.4) is 0 Å². The van der Waals surface area contributed by atoms with Crippen molar-refractivity contribution >= 4 is 11.7 Å². The van der Waals surface area contributed by atoms with Gasteiger partial charge in [-0.15, -0.1) is 0 Å². The van der Waals surface area contributed by atoms with E-state index in [0.717, 1.165) is 25.7 Å². The molecule has 114 valence electrons. The van der Waals surface area contributed by atoms with Crippen LogP contribution in [0.5, 0.6) is 0 Å². The van der Waals surface area contributed by atoms with Crippen molar-refractivity contribution in [3.05, 3.63) is 29.6 Å². The monoisotopic (exact) mass is 293 g/mol. The van der Waals surface area contributed by atoms with Crippen molar-refractivity contribution in [1.82, 2.24) is 0 Å². The normalized spacial score (nSPS) is 23.6. The molecule has 1 aliphatic carbocycles. The molecule has 21 heavy (non-hydrogen) atoms. The molecule has 0 amide bonds. The summed E-state index contributed by atoms with van der Waals surface area (Å²) in [5.41, 5.74) is 5.79. The third kappa shape index (κ3) is 3.02. The highest BCUT2D eigenvalue weighted by Gasteiger charge is 2.42. The molecule has 0 bridgehead atoms. The summed E-state index contributed by atoms with van der Waals surface area (Å²) in [6.45, 7) is 0.175. The van der Waals surface area contributed by atoms with Crippen LogP contribution in [0.4, 0.5) is 10.1 Å². The fourth-order valence-electron chi connectivity index (χ4n) is 3.35. The predicted molar refractivity (Wildman–Crippen MR) is 76.4 cm³/mol. The summed E-state index contributed by atoms with van der Waals surface area (Å²) in [6, 6.07) is 3.88. The Morgan fingerprint density at radius 1 is 1.38 bits per heavy atom. The Morgan fingerprint density at radius 2 is 2.14 bits per heavy atom. The second-order valence-corrected chi connectivity index (χ2v) is 6.01. The number of rotatable bonds is 3. The number of carbonyl (C=O) groups excluding carboxylic acids is 1. The maximum Gasteiger partial charge on any atom is 0.341 e. The van der Waals surface area contributed by atoms with Gasteiger partial charge in [0, 0.05) is 5.69 Å². The lowest BCUT2D eigenvalue weighted by Gasteiger charge is -2.23. The highest BCUT2D eigenvalue weighted by atomic mass is 19.1. The number of halogens is 1. The first-order chi connectivity index (χ1) is 10.1. The van der Waals surface area contributed by atoms with Gasteiger partial charge in [-0.3, -0.25) is 0 Å². The smallest absolute Gasteiger partial charge is 0.341 e. The third-order valence-electron chi connectivity index (χ3n) is 4.46. The molecule has 2 fully saturated rings. The van der Waals surface area contributed by atoms with Gasteiger partial charge >= 0.3 is 5.97 Å². The van der Waals surface area contributed by atoms with E-state index in [0.29, 0.717) is 5.69 Å². The number of nitrogen functional groups attached to an aromatic ring is 1. The molecule has 1 atom stereocenters. The molecule has 1 spiro atoms. The maximum absolute atomic E-state index is 13.6. The molecule has 0 aromatic heterocycles. The van der Waals surface area contributed by atoms with Crippen molar-refractivity contribution in [3.63, 3.8) is 0 Å². The fourth-order valence-corrected chi connectivity index (χ4v) is 3.35. The van der Waals surface area contributed by atoms with Crippen LogP contribution < -0.4 is 5.73 Å². The standard InChI is InChI=1S/C16H20FNO3/c17-14-4-3-11(18)9-13(14)15(19)20-10-12-5-8-16(21-12)6-1-2-7-16/h3-4,9,12H,1-2,5-8,10,18H2. The summed E-state index contributed by atoms with van der Waals surface area (Å²) < 4.78 is 24.8. The summed E-state index contributed by atoms with van der Waals surface area (Å²) in [6.07, 6.45) is 6.47. The van der Waals surface area contributed by atoms with E-state index in [1.807, 2.05) is 0 Å². The average Bonchev–Trinajstić information content (AvgIpc) is 3.09. The van der Waals surface area contributed by atoms with E-state index in [4.69, 9.17) is 15.2 Å².